The van der Waals surface area contributed by atoms with Gasteiger partial charge in [-0.25, -0.2) is 0 Å². The topological polar surface area (TPSA) is 62.8 Å². The van der Waals surface area contributed by atoms with Crippen molar-refractivity contribution in [2.24, 2.45) is 0 Å². The number of amides is 1. The standard InChI is InChI=1S/C22H23N3O3/c26-21-19(18-3-1-2-4-20(18)24-21)15-23-16-5-7-17(8-6-16)25-11-9-22(10-12-25)27-13-14-28-22/h1-8,15,23H,9-14H2,(H,24,26). The summed E-state index contributed by atoms with van der Waals surface area (Å²) < 4.78 is 11.6. The lowest BCUT2D eigenvalue weighted by Gasteiger charge is -2.38. The van der Waals surface area contributed by atoms with Crippen LogP contribution in [-0.4, -0.2) is 38.0 Å². The highest BCUT2D eigenvalue weighted by atomic mass is 16.7. The molecule has 0 aromatic heterocycles. The summed E-state index contributed by atoms with van der Waals surface area (Å²) in [5.41, 5.74) is 4.57. The lowest BCUT2D eigenvalue weighted by atomic mass is 10.0. The number of rotatable bonds is 3. The summed E-state index contributed by atoms with van der Waals surface area (Å²) in [6.45, 7) is 3.26. The molecule has 3 heterocycles. The molecule has 2 aromatic rings. The molecule has 0 bridgehead atoms. The van der Waals surface area contributed by atoms with E-state index in [1.807, 2.05) is 36.4 Å². The highest BCUT2D eigenvalue weighted by molar-refractivity contribution is 6.31. The van der Waals surface area contributed by atoms with E-state index in [0.717, 1.165) is 42.9 Å². The number of fused-ring (bicyclic) bond motifs is 1. The van der Waals surface area contributed by atoms with Crippen LogP contribution in [0.15, 0.2) is 54.7 Å². The number of nitrogens with zero attached hydrogens (tertiary/aromatic N) is 1. The first-order chi connectivity index (χ1) is 13.7. The third kappa shape index (κ3) is 3.15. The SMILES string of the molecule is O=C1Nc2ccccc2C1=CNc1ccc(N2CCC3(CC2)OCCO3)cc1. The second-order valence-corrected chi connectivity index (χ2v) is 7.34. The zero-order chi connectivity index (χ0) is 19.0. The van der Waals surface area contributed by atoms with Crippen molar-refractivity contribution in [3.05, 3.63) is 60.3 Å². The predicted octanol–water partition coefficient (Wildman–Crippen LogP) is 3.44. The fourth-order valence-electron chi connectivity index (χ4n) is 4.10. The van der Waals surface area contributed by atoms with Gasteiger partial charge in [-0.3, -0.25) is 4.79 Å². The molecule has 0 saturated carbocycles. The second kappa shape index (κ2) is 6.96. The predicted molar refractivity (Wildman–Crippen MR) is 109 cm³/mol. The number of hydrogen-bond acceptors (Lipinski definition) is 5. The summed E-state index contributed by atoms with van der Waals surface area (Å²) >= 11 is 0. The molecule has 6 heteroatoms. The Morgan fingerprint density at radius 2 is 1.71 bits per heavy atom. The zero-order valence-corrected chi connectivity index (χ0v) is 15.6. The summed E-state index contributed by atoms with van der Waals surface area (Å²) in [5.74, 6) is -0.425. The Morgan fingerprint density at radius 1 is 1.00 bits per heavy atom. The number of nitrogens with one attached hydrogen (secondary N) is 2. The van der Waals surface area contributed by atoms with Crippen LogP contribution in [0.25, 0.3) is 5.57 Å². The van der Waals surface area contributed by atoms with Crippen molar-refractivity contribution in [1.82, 2.24) is 0 Å². The summed E-state index contributed by atoms with van der Waals surface area (Å²) in [7, 11) is 0. The van der Waals surface area contributed by atoms with Gasteiger partial charge in [0.05, 0.1) is 18.8 Å². The van der Waals surface area contributed by atoms with E-state index in [0.29, 0.717) is 18.8 Å². The van der Waals surface area contributed by atoms with E-state index in [-0.39, 0.29) is 11.7 Å². The Kier molecular flexibility index (Phi) is 4.30. The molecule has 2 aromatic carbocycles. The minimum Gasteiger partial charge on any atom is -0.371 e. The summed E-state index contributed by atoms with van der Waals surface area (Å²) in [6.07, 6.45) is 3.57. The number of benzene rings is 2. The van der Waals surface area contributed by atoms with Crippen molar-refractivity contribution in [2.45, 2.75) is 18.6 Å². The molecule has 1 spiro atoms. The Labute approximate surface area is 164 Å². The Hall–Kier alpha value is -2.83. The van der Waals surface area contributed by atoms with Gasteiger partial charge in [-0.15, -0.1) is 0 Å². The summed E-state index contributed by atoms with van der Waals surface area (Å²) in [4.78, 5) is 14.5. The highest BCUT2D eigenvalue weighted by Gasteiger charge is 2.39. The van der Waals surface area contributed by atoms with E-state index in [4.69, 9.17) is 9.47 Å². The van der Waals surface area contributed by atoms with Crippen molar-refractivity contribution in [2.75, 3.05) is 41.8 Å². The van der Waals surface area contributed by atoms with Crippen molar-refractivity contribution in [3.8, 4) is 0 Å². The van der Waals surface area contributed by atoms with Crippen LogP contribution in [0, 0.1) is 0 Å². The molecule has 1 amide bonds. The maximum atomic E-state index is 12.2. The molecule has 28 heavy (non-hydrogen) atoms. The van der Waals surface area contributed by atoms with Gasteiger partial charge in [0.25, 0.3) is 5.91 Å². The third-order valence-corrected chi connectivity index (χ3v) is 5.66. The first-order valence-electron chi connectivity index (χ1n) is 9.73. The van der Waals surface area contributed by atoms with Gasteiger partial charge in [-0.05, 0) is 30.3 Å². The monoisotopic (exact) mass is 377 g/mol. The first kappa shape index (κ1) is 17.3. The largest absolute Gasteiger partial charge is 0.371 e. The van der Waals surface area contributed by atoms with Crippen molar-refractivity contribution >= 4 is 28.5 Å². The van der Waals surface area contributed by atoms with Gasteiger partial charge in [0.15, 0.2) is 5.79 Å². The smallest absolute Gasteiger partial charge is 0.257 e. The van der Waals surface area contributed by atoms with Crippen LogP contribution >= 0.6 is 0 Å². The average Bonchev–Trinajstić information content (AvgIpc) is 3.31. The maximum Gasteiger partial charge on any atom is 0.257 e. The fourth-order valence-corrected chi connectivity index (χ4v) is 4.10. The van der Waals surface area contributed by atoms with Crippen molar-refractivity contribution < 1.29 is 14.3 Å². The molecule has 0 radical (unpaired) electrons. The van der Waals surface area contributed by atoms with Gasteiger partial charge in [0.1, 0.15) is 0 Å². The first-order valence-corrected chi connectivity index (χ1v) is 9.73. The van der Waals surface area contributed by atoms with Gasteiger partial charge in [0.2, 0.25) is 0 Å². The number of anilines is 3. The molecule has 2 N–H and O–H groups in total. The highest BCUT2D eigenvalue weighted by Crippen LogP contribution is 2.34. The Balaban J connectivity index is 1.24. The van der Waals surface area contributed by atoms with E-state index in [1.165, 1.54) is 5.69 Å². The molecular formula is C22H23N3O3. The molecular weight excluding hydrogens is 354 g/mol. The molecule has 144 valence electrons. The fraction of sp³-hybridized carbons (Fsp3) is 0.318. The third-order valence-electron chi connectivity index (χ3n) is 5.66. The summed E-state index contributed by atoms with van der Waals surface area (Å²) in [6, 6.07) is 16.0. The number of carbonyl (C=O) groups is 1. The van der Waals surface area contributed by atoms with Gasteiger partial charge >= 0.3 is 0 Å². The normalized spacial score (nSPS) is 21.8. The minimum atomic E-state index is -0.345. The van der Waals surface area contributed by atoms with Crippen LogP contribution in [0.4, 0.5) is 17.1 Å². The Bertz CT molecular complexity index is 907. The molecule has 3 aliphatic rings. The average molecular weight is 377 g/mol. The molecule has 2 saturated heterocycles. The zero-order valence-electron chi connectivity index (χ0n) is 15.6. The molecule has 3 aliphatic heterocycles. The van der Waals surface area contributed by atoms with E-state index in [1.54, 1.807) is 6.20 Å². The molecule has 0 atom stereocenters. The Morgan fingerprint density at radius 3 is 2.46 bits per heavy atom. The van der Waals surface area contributed by atoms with Crippen molar-refractivity contribution in [3.63, 3.8) is 0 Å². The number of para-hydroxylation sites is 1. The van der Waals surface area contributed by atoms with Crippen molar-refractivity contribution in [1.29, 1.82) is 0 Å². The van der Waals surface area contributed by atoms with Gasteiger partial charge in [0, 0.05) is 54.8 Å². The molecule has 6 nitrogen and oxygen atoms in total. The summed E-state index contributed by atoms with van der Waals surface area (Å²) in [5, 5.41) is 6.13. The number of hydrogen-bond donors (Lipinski definition) is 2. The van der Waals surface area contributed by atoms with Crippen LogP contribution in [0.3, 0.4) is 0 Å². The lowest BCUT2D eigenvalue weighted by molar-refractivity contribution is -0.169. The number of carbonyl (C=O) groups excluding carboxylic acids is 1. The molecule has 2 fully saturated rings. The number of ether oxygens (including phenoxy) is 2. The van der Waals surface area contributed by atoms with Crippen LogP contribution in [0.1, 0.15) is 18.4 Å². The molecule has 0 aliphatic carbocycles. The molecule has 0 unspecified atom stereocenters. The maximum absolute atomic E-state index is 12.2. The number of piperidine rings is 1. The molecule has 5 rings (SSSR count). The van der Waals surface area contributed by atoms with E-state index in [9.17, 15) is 4.79 Å². The minimum absolute atomic E-state index is 0.0797. The van der Waals surface area contributed by atoms with Crippen LogP contribution in [0.2, 0.25) is 0 Å². The van der Waals surface area contributed by atoms with Gasteiger partial charge < -0.3 is 25.0 Å². The quantitative estimate of drug-likeness (QED) is 0.803. The van der Waals surface area contributed by atoms with Gasteiger partial charge in [-0.1, -0.05) is 18.2 Å². The van der Waals surface area contributed by atoms with Gasteiger partial charge in [-0.2, -0.15) is 0 Å². The van der Waals surface area contributed by atoms with Crippen LogP contribution in [-0.2, 0) is 14.3 Å². The second-order valence-electron chi connectivity index (χ2n) is 7.34. The van der Waals surface area contributed by atoms with Crippen LogP contribution in [0.5, 0.6) is 0 Å². The van der Waals surface area contributed by atoms with E-state index < -0.39 is 0 Å². The van der Waals surface area contributed by atoms with E-state index >= 15 is 0 Å². The van der Waals surface area contributed by atoms with Crippen LogP contribution < -0.4 is 15.5 Å². The lowest BCUT2D eigenvalue weighted by Crippen LogP contribution is -2.45. The van der Waals surface area contributed by atoms with E-state index in [2.05, 4.69) is 27.7 Å².